The summed E-state index contributed by atoms with van der Waals surface area (Å²) in [5.74, 6) is 1.86. The molecule has 1 aliphatic carbocycles. The average Bonchev–Trinajstić information content (AvgIpc) is 3.82. The lowest BCUT2D eigenvalue weighted by atomic mass is 9.82. The third kappa shape index (κ3) is 4.60. The highest BCUT2D eigenvalue weighted by atomic mass is 16.3. The molecule has 10 rings (SSSR count). The maximum atomic E-state index is 6.89. The van der Waals surface area contributed by atoms with Crippen LogP contribution in [0, 0.1) is 0 Å². The van der Waals surface area contributed by atoms with E-state index in [-0.39, 0.29) is 5.41 Å². The van der Waals surface area contributed by atoms with E-state index >= 15 is 0 Å². The quantitative estimate of drug-likeness (QED) is 0.169. The van der Waals surface area contributed by atoms with Gasteiger partial charge in [0.05, 0.1) is 16.7 Å². The van der Waals surface area contributed by atoms with E-state index in [1.54, 1.807) is 0 Å². The van der Waals surface area contributed by atoms with Gasteiger partial charge in [0.2, 0.25) is 0 Å². The molecule has 6 aromatic carbocycles. The molecule has 0 bridgehead atoms. The molecule has 0 amide bonds. The van der Waals surface area contributed by atoms with E-state index in [0.717, 1.165) is 55.4 Å². The molecular formula is C48H36N4O. The summed E-state index contributed by atoms with van der Waals surface area (Å²) in [6.07, 6.45) is 6.08. The van der Waals surface area contributed by atoms with E-state index in [2.05, 4.69) is 103 Å². The topological polar surface area (TPSA) is 56.7 Å². The van der Waals surface area contributed by atoms with Gasteiger partial charge >= 0.3 is 0 Å². The summed E-state index contributed by atoms with van der Waals surface area (Å²) in [6.45, 7) is 8.69. The van der Waals surface area contributed by atoms with E-state index in [4.69, 9.17) is 19.4 Å². The van der Waals surface area contributed by atoms with Crippen molar-refractivity contribution in [3.05, 3.63) is 163 Å². The number of nitrogens with zero attached hydrogens (tertiary/aromatic N) is 4. The number of para-hydroxylation sites is 2. The van der Waals surface area contributed by atoms with Crippen molar-refractivity contribution < 1.29 is 4.42 Å². The molecule has 1 aliphatic rings. The van der Waals surface area contributed by atoms with Gasteiger partial charge in [-0.3, -0.25) is 0 Å². The Morgan fingerprint density at radius 3 is 2.21 bits per heavy atom. The molecule has 53 heavy (non-hydrogen) atoms. The molecule has 5 heteroatoms. The Morgan fingerprint density at radius 1 is 0.623 bits per heavy atom. The predicted molar refractivity (Wildman–Crippen MR) is 218 cm³/mol. The number of benzene rings is 6. The van der Waals surface area contributed by atoms with E-state index < -0.39 is 0 Å². The zero-order valence-electron chi connectivity index (χ0n) is 30.1. The fraction of sp³-hybridized carbons (Fsp3) is 0.104. The number of hydrogen-bond acceptors (Lipinski definition) is 4. The molecule has 3 aromatic heterocycles. The summed E-state index contributed by atoms with van der Waals surface area (Å²) in [7, 11) is 0. The van der Waals surface area contributed by atoms with Gasteiger partial charge in [-0.25, -0.2) is 15.0 Å². The van der Waals surface area contributed by atoms with Crippen LogP contribution in [0.4, 0.5) is 0 Å². The van der Waals surface area contributed by atoms with E-state index in [9.17, 15) is 0 Å². The van der Waals surface area contributed by atoms with Crippen LogP contribution in [-0.2, 0) is 5.41 Å². The van der Waals surface area contributed by atoms with Gasteiger partial charge < -0.3 is 8.98 Å². The summed E-state index contributed by atoms with van der Waals surface area (Å²) >= 11 is 0. The number of furan rings is 1. The van der Waals surface area contributed by atoms with Gasteiger partial charge in [-0.15, -0.1) is 0 Å². The molecule has 0 unspecified atom stereocenters. The van der Waals surface area contributed by atoms with Gasteiger partial charge in [0.15, 0.2) is 23.1 Å². The Balaban J connectivity index is 1.24. The number of aromatic nitrogens is 4. The van der Waals surface area contributed by atoms with Gasteiger partial charge in [-0.2, -0.15) is 0 Å². The largest absolute Gasteiger partial charge is 0.454 e. The molecule has 0 atom stereocenters. The maximum absolute atomic E-state index is 6.89. The zero-order valence-corrected chi connectivity index (χ0v) is 30.1. The highest BCUT2D eigenvalue weighted by molar-refractivity contribution is 6.16. The highest BCUT2D eigenvalue weighted by Gasteiger charge is 2.36. The summed E-state index contributed by atoms with van der Waals surface area (Å²) in [6, 6.07) is 45.1. The first kappa shape index (κ1) is 31.2. The Kier molecular flexibility index (Phi) is 6.89. The van der Waals surface area contributed by atoms with Crippen molar-refractivity contribution in [3.8, 4) is 39.6 Å². The second-order valence-corrected chi connectivity index (χ2v) is 14.3. The molecule has 254 valence electrons. The van der Waals surface area contributed by atoms with Crippen LogP contribution in [0.25, 0.3) is 88.9 Å². The summed E-state index contributed by atoms with van der Waals surface area (Å²) < 4.78 is 9.28. The van der Waals surface area contributed by atoms with Gasteiger partial charge in [-0.05, 0) is 66.4 Å². The summed E-state index contributed by atoms with van der Waals surface area (Å²) in [5.41, 5.74) is 12.9. The smallest absolute Gasteiger partial charge is 0.164 e. The highest BCUT2D eigenvalue weighted by Crippen LogP contribution is 2.51. The van der Waals surface area contributed by atoms with E-state index in [0.29, 0.717) is 17.5 Å². The van der Waals surface area contributed by atoms with Crippen LogP contribution in [0.15, 0.2) is 150 Å². The fourth-order valence-corrected chi connectivity index (χ4v) is 8.44. The lowest BCUT2D eigenvalue weighted by molar-refractivity contribution is 0.660. The summed E-state index contributed by atoms with van der Waals surface area (Å²) in [5, 5.41) is 4.43. The van der Waals surface area contributed by atoms with Crippen molar-refractivity contribution in [2.24, 2.45) is 0 Å². The van der Waals surface area contributed by atoms with Crippen molar-refractivity contribution in [2.75, 3.05) is 0 Å². The third-order valence-electron chi connectivity index (χ3n) is 10.9. The second kappa shape index (κ2) is 11.7. The predicted octanol–water partition coefficient (Wildman–Crippen LogP) is 12.5. The molecule has 9 aromatic rings. The SMILES string of the molecule is C/C=C\C(=C/C)c1nc(-c2ccccc2)nc(-c2cccc3oc4c(-n5c6ccccc6c6cc7c(cc65)C(C)(C)c5ccccc5-7)cccc4c23)n1. The normalized spacial score (nSPS) is 13.8. The number of rotatable bonds is 5. The lowest BCUT2D eigenvalue weighted by Gasteiger charge is -2.21. The molecular weight excluding hydrogens is 649 g/mol. The van der Waals surface area contributed by atoms with Crippen molar-refractivity contribution in [1.29, 1.82) is 0 Å². The van der Waals surface area contributed by atoms with E-state index in [1.807, 2.05) is 74.5 Å². The van der Waals surface area contributed by atoms with Crippen LogP contribution in [0.1, 0.15) is 44.6 Å². The molecule has 0 fully saturated rings. The van der Waals surface area contributed by atoms with Gasteiger partial charge in [0.1, 0.15) is 5.58 Å². The standard InChI is InChI=1S/C48H36N4O/c1-5-16-29(6-2)45-49-46(30-17-8-7-9-18-30)51-47(50-45)34-22-15-26-42-43(34)33-21-14-25-40(44(33)53-42)52-39-24-13-11-20-32(39)36-27-35-31-19-10-12-23-37(31)48(3,4)38(35)28-41(36)52/h5-28H,1-4H3/b16-5-,29-6+. The molecule has 0 aliphatic heterocycles. The Hall–Kier alpha value is -6.59. The van der Waals surface area contributed by atoms with Crippen LogP contribution in [-0.4, -0.2) is 19.5 Å². The molecule has 5 nitrogen and oxygen atoms in total. The minimum absolute atomic E-state index is 0.122. The fourth-order valence-electron chi connectivity index (χ4n) is 8.44. The van der Waals surface area contributed by atoms with Gasteiger partial charge in [0.25, 0.3) is 0 Å². The first-order chi connectivity index (χ1) is 26.0. The second-order valence-electron chi connectivity index (χ2n) is 14.3. The molecule has 0 saturated carbocycles. The van der Waals surface area contributed by atoms with Crippen LogP contribution in [0.3, 0.4) is 0 Å². The Bertz CT molecular complexity index is 3000. The lowest BCUT2D eigenvalue weighted by Crippen LogP contribution is -2.14. The van der Waals surface area contributed by atoms with Crippen molar-refractivity contribution in [1.82, 2.24) is 19.5 Å². The van der Waals surface area contributed by atoms with Crippen LogP contribution in [0.2, 0.25) is 0 Å². The Morgan fingerprint density at radius 2 is 1.36 bits per heavy atom. The molecule has 3 heterocycles. The third-order valence-corrected chi connectivity index (χ3v) is 10.9. The number of fused-ring (bicyclic) bond motifs is 9. The van der Waals surface area contributed by atoms with Gasteiger partial charge in [-0.1, -0.05) is 129 Å². The average molecular weight is 685 g/mol. The molecule has 0 N–H and O–H groups in total. The van der Waals surface area contributed by atoms with Crippen LogP contribution >= 0.6 is 0 Å². The first-order valence-electron chi connectivity index (χ1n) is 18.2. The molecule has 0 saturated heterocycles. The van der Waals surface area contributed by atoms with Crippen LogP contribution < -0.4 is 0 Å². The van der Waals surface area contributed by atoms with Crippen molar-refractivity contribution in [2.45, 2.75) is 33.1 Å². The monoisotopic (exact) mass is 684 g/mol. The summed E-state index contributed by atoms with van der Waals surface area (Å²) in [4.78, 5) is 15.1. The maximum Gasteiger partial charge on any atom is 0.164 e. The molecule has 0 radical (unpaired) electrons. The Labute approximate surface area is 307 Å². The molecule has 0 spiro atoms. The van der Waals surface area contributed by atoms with Crippen molar-refractivity contribution in [3.63, 3.8) is 0 Å². The number of allylic oxidation sites excluding steroid dienone is 4. The van der Waals surface area contributed by atoms with E-state index in [1.165, 1.54) is 33.0 Å². The first-order valence-corrected chi connectivity index (χ1v) is 18.2. The van der Waals surface area contributed by atoms with Gasteiger partial charge in [0, 0.05) is 43.7 Å². The minimum Gasteiger partial charge on any atom is -0.454 e. The van der Waals surface area contributed by atoms with Crippen LogP contribution in [0.5, 0.6) is 0 Å². The zero-order chi connectivity index (χ0) is 35.8. The minimum atomic E-state index is -0.122. The van der Waals surface area contributed by atoms with Crippen molar-refractivity contribution >= 4 is 49.3 Å². The number of hydrogen-bond donors (Lipinski definition) is 0.